The lowest BCUT2D eigenvalue weighted by molar-refractivity contribution is 0.631. The lowest BCUT2D eigenvalue weighted by Crippen LogP contribution is -2.06. The van der Waals surface area contributed by atoms with Crippen molar-refractivity contribution >= 4 is 17.4 Å². The minimum atomic E-state index is -0.407. The van der Waals surface area contributed by atoms with Crippen molar-refractivity contribution in [2.45, 2.75) is 33.2 Å². The van der Waals surface area contributed by atoms with E-state index in [0.717, 1.165) is 5.82 Å². The molecule has 5 heteroatoms. The van der Waals surface area contributed by atoms with E-state index in [-0.39, 0.29) is 5.92 Å². The predicted molar refractivity (Wildman–Crippen MR) is 76.8 cm³/mol. The maximum absolute atomic E-state index is 14.0. The molecule has 1 aromatic heterocycles. The summed E-state index contributed by atoms with van der Waals surface area (Å²) < 4.78 is 15.9. The minimum absolute atomic E-state index is 0.228. The van der Waals surface area contributed by atoms with E-state index in [1.807, 2.05) is 25.3 Å². The summed E-state index contributed by atoms with van der Waals surface area (Å²) in [5, 5.41) is 0.360. The third kappa shape index (κ3) is 2.45. The van der Waals surface area contributed by atoms with Gasteiger partial charge in [0.25, 0.3) is 0 Å². The van der Waals surface area contributed by atoms with Gasteiger partial charge in [0.1, 0.15) is 23.2 Å². The zero-order chi connectivity index (χ0) is 14.2. The summed E-state index contributed by atoms with van der Waals surface area (Å²) in [4.78, 5) is 4.50. The second kappa shape index (κ2) is 5.21. The summed E-state index contributed by atoms with van der Waals surface area (Å²) in [5.74, 6) is 1.18. The Morgan fingerprint density at radius 1 is 1.42 bits per heavy atom. The topological polar surface area (TPSA) is 43.8 Å². The van der Waals surface area contributed by atoms with Crippen LogP contribution in [0.3, 0.4) is 0 Å². The molecule has 0 unspecified atom stereocenters. The zero-order valence-electron chi connectivity index (χ0n) is 11.2. The fraction of sp³-hybridized carbons (Fsp3) is 0.357. The number of rotatable bonds is 3. The van der Waals surface area contributed by atoms with E-state index in [1.54, 1.807) is 12.1 Å². The molecule has 2 rings (SSSR count). The quantitative estimate of drug-likeness (QED) is 0.922. The van der Waals surface area contributed by atoms with E-state index < -0.39 is 5.82 Å². The number of hydrogen-bond donors (Lipinski definition) is 1. The van der Waals surface area contributed by atoms with Crippen LogP contribution < -0.4 is 5.73 Å². The Labute approximate surface area is 117 Å². The second-order valence-electron chi connectivity index (χ2n) is 4.73. The number of hydrogen-bond acceptors (Lipinski definition) is 2. The third-order valence-corrected chi connectivity index (χ3v) is 3.29. The van der Waals surface area contributed by atoms with E-state index >= 15 is 0 Å². The fourth-order valence-electron chi connectivity index (χ4n) is 2.14. The number of aromatic nitrogens is 2. The summed E-state index contributed by atoms with van der Waals surface area (Å²) in [7, 11) is 0. The van der Waals surface area contributed by atoms with E-state index in [2.05, 4.69) is 4.98 Å². The Hall–Kier alpha value is -1.55. The monoisotopic (exact) mass is 281 g/mol. The Bertz CT molecular complexity index is 605. The first-order valence-corrected chi connectivity index (χ1v) is 6.64. The van der Waals surface area contributed by atoms with Crippen molar-refractivity contribution in [2.75, 3.05) is 5.73 Å². The molecule has 3 nitrogen and oxygen atoms in total. The Morgan fingerprint density at radius 3 is 2.58 bits per heavy atom. The first-order valence-electron chi connectivity index (χ1n) is 6.27. The van der Waals surface area contributed by atoms with Crippen LogP contribution in [0.25, 0.3) is 11.3 Å². The van der Waals surface area contributed by atoms with Crippen LogP contribution in [0.5, 0.6) is 0 Å². The lowest BCUT2D eigenvalue weighted by atomic mass is 10.1. The van der Waals surface area contributed by atoms with Crippen molar-refractivity contribution in [1.82, 2.24) is 9.55 Å². The van der Waals surface area contributed by atoms with Gasteiger partial charge in [-0.3, -0.25) is 0 Å². The molecule has 0 saturated carbocycles. The molecule has 0 spiro atoms. The van der Waals surface area contributed by atoms with Crippen LogP contribution in [0.1, 0.15) is 32.5 Å². The molecule has 2 N–H and O–H groups in total. The van der Waals surface area contributed by atoms with Gasteiger partial charge in [0, 0.05) is 23.0 Å². The third-order valence-electron chi connectivity index (χ3n) is 3.06. The SMILES string of the molecule is CCn1c(C(C)C)nc(-c2ccc(Cl)cc2F)c1N. The van der Waals surface area contributed by atoms with Gasteiger partial charge in [0.15, 0.2) is 0 Å². The molecule has 0 radical (unpaired) electrons. The van der Waals surface area contributed by atoms with Gasteiger partial charge >= 0.3 is 0 Å². The van der Waals surface area contributed by atoms with Crippen molar-refractivity contribution in [3.8, 4) is 11.3 Å². The van der Waals surface area contributed by atoms with Crippen LogP contribution in [-0.2, 0) is 6.54 Å². The van der Waals surface area contributed by atoms with Crippen LogP contribution in [0, 0.1) is 5.82 Å². The number of nitrogens with two attached hydrogens (primary N) is 1. The summed E-state index contributed by atoms with van der Waals surface area (Å²) in [5.41, 5.74) is 6.96. The van der Waals surface area contributed by atoms with Crippen LogP contribution >= 0.6 is 11.6 Å². The summed E-state index contributed by atoms with van der Waals surface area (Å²) >= 11 is 5.76. The maximum Gasteiger partial charge on any atom is 0.134 e. The van der Waals surface area contributed by atoms with Gasteiger partial charge in [-0.15, -0.1) is 0 Å². The Kier molecular flexibility index (Phi) is 3.80. The summed E-state index contributed by atoms with van der Waals surface area (Å²) in [6, 6.07) is 4.52. The first kappa shape index (κ1) is 13.9. The molecule has 1 heterocycles. The number of benzene rings is 1. The number of nitrogens with zero attached hydrogens (tertiary/aromatic N) is 2. The van der Waals surface area contributed by atoms with Gasteiger partial charge in [0.2, 0.25) is 0 Å². The molecule has 0 aliphatic rings. The zero-order valence-corrected chi connectivity index (χ0v) is 12.0. The first-order chi connectivity index (χ1) is 8.95. The average molecular weight is 282 g/mol. The maximum atomic E-state index is 14.0. The number of imidazole rings is 1. The van der Waals surface area contributed by atoms with Crippen LogP contribution in [0.15, 0.2) is 18.2 Å². The highest BCUT2D eigenvalue weighted by Gasteiger charge is 2.19. The van der Waals surface area contributed by atoms with Crippen LogP contribution in [-0.4, -0.2) is 9.55 Å². The van der Waals surface area contributed by atoms with Crippen molar-refractivity contribution in [3.05, 3.63) is 34.9 Å². The molecule has 0 amide bonds. The second-order valence-corrected chi connectivity index (χ2v) is 5.16. The molecule has 19 heavy (non-hydrogen) atoms. The molecular formula is C14H17ClFN3. The van der Waals surface area contributed by atoms with Gasteiger partial charge in [-0.25, -0.2) is 9.37 Å². The number of halogens is 2. The van der Waals surface area contributed by atoms with E-state index in [9.17, 15) is 4.39 Å². The van der Waals surface area contributed by atoms with E-state index in [1.165, 1.54) is 6.07 Å². The normalized spacial score (nSPS) is 11.3. The number of nitrogen functional groups attached to an aromatic ring is 1. The van der Waals surface area contributed by atoms with Crippen LogP contribution in [0.4, 0.5) is 10.2 Å². The molecule has 0 bridgehead atoms. The molecule has 0 atom stereocenters. The highest BCUT2D eigenvalue weighted by atomic mass is 35.5. The van der Waals surface area contributed by atoms with E-state index in [4.69, 9.17) is 17.3 Å². The molecule has 0 aliphatic carbocycles. The molecule has 2 aromatic rings. The van der Waals surface area contributed by atoms with E-state index in [0.29, 0.717) is 28.6 Å². The number of anilines is 1. The molecule has 0 fully saturated rings. The Balaban J connectivity index is 2.63. The molecule has 0 aliphatic heterocycles. The van der Waals surface area contributed by atoms with Gasteiger partial charge < -0.3 is 10.3 Å². The summed E-state index contributed by atoms with van der Waals surface area (Å²) in [6.07, 6.45) is 0. The average Bonchev–Trinajstić information content (AvgIpc) is 2.66. The van der Waals surface area contributed by atoms with Crippen molar-refractivity contribution in [2.24, 2.45) is 0 Å². The van der Waals surface area contributed by atoms with Crippen molar-refractivity contribution in [3.63, 3.8) is 0 Å². The van der Waals surface area contributed by atoms with Gasteiger partial charge in [-0.05, 0) is 25.1 Å². The fourth-order valence-corrected chi connectivity index (χ4v) is 2.30. The molecule has 0 saturated heterocycles. The lowest BCUT2D eigenvalue weighted by Gasteiger charge is -2.08. The molecule has 102 valence electrons. The van der Waals surface area contributed by atoms with Gasteiger partial charge in [-0.1, -0.05) is 25.4 Å². The van der Waals surface area contributed by atoms with Crippen LogP contribution in [0.2, 0.25) is 5.02 Å². The van der Waals surface area contributed by atoms with Crippen molar-refractivity contribution < 1.29 is 4.39 Å². The highest BCUT2D eigenvalue weighted by molar-refractivity contribution is 6.30. The molecular weight excluding hydrogens is 265 g/mol. The smallest absolute Gasteiger partial charge is 0.134 e. The van der Waals surface area contributed by atoms with Gasteiger partial charge in [0.05, 0.1) is 0 Å². The molecule has 1 aromatic carbocycles. The predicted octanol–water partition coefficient (Wildman–Crippen LogP) is 4.07. The van der Waals surface area contributed by atoms with Crippen molar-refractivity contribution in [1.29, 1.82) is 0 Å². The standard InChI is InChI=1S/C14H17ClFN3/c1-4-19-13(17)12(18-14(19)8(2)3)10-6-5-9(15)7-11(10)16/h5-8H,4,17H2,1-3H3. The minimum Gasteiger partial charge on any atom is -0.383 e. The largest absolute Gasteiger partial charge is 0.383 e. The Morgan fingerprint density at radius 2 is 2.11 bits per heavy atom. The highest BCUT2D eigenvalue weighted by Crippen LogP contribution is 2.32. The summed E-state index contributed by atoms with van der Waals surface area (Å²) in [6.45, 7) is 6.78. The van der Waals surface area contributed by atoms with Gasteiger partial charge in [-0.2, -0.15) is 0 Å².